The Labute approximate surface area is 189 Å². The van der Waals surface area contributed by atoms with Gasteiger partial charge in [0, 0.05) is 16.3 Å². The molecule has 0 spiro atoms. The molecule has 3 N–H and O–H groups in total. The molecule has 0 bridgehead atoms. The highest BCUT2D eigenvalue weighted by molar-refractivity contribution is 7.80. The summed E-state index contributed by atoms with van der Waals surface area (Å²) < 4.78 is 36.4. The van der Waals surface area contributed by atoms with Crippen molar-refractivity contribution in [2.24, 2.45) is 0 Å². The number of carbonyl (C=O) groups is 1. The van der Waals surface area contributed by atoms with Gasteiger partial charge in [0.2, 0.25) is 3.79 Å². The molecule has 0 saturated carbocycles. The van der Waals surface area contributed by atoms with E-state index in [4.69, 9.17) is 58.6 Å². The Hall–Kier alpha value is -1.45. The van der Waals surface area contributed by atoms with E-state index in [1.165, 1.54) is 36.4 Å². The Balaban J connectivity index is 2.09. The first-order chi connectivity index (χ1) is 13.4. The van der Waals surface area contributed by atoms with Gasteiger partial charge in [-0.2, -0.15) is 13.2 Å². The molecule has 29 heavy (non-hydrogen) atoms. The highest BCUT2D eigenvalue weighted by Gasteiger charge is 2.35. The van der Waals surface area contributed by atoms with E-state index in [-0.39, 0.29) is 16.4 Å². The van der Waals surface area contributed by atoms with Crippen LogP contribution in [0.1, 0.15) is 15.9 Å². The lowest BCUT2D eigenvalue weighted by Crippen LogP contribution is -2.56. The van der Waals surface area contributed by atoms with Gasteiger partial charge in [-0.05, 0) is 54.7 Å². The fourth-order valence-electron chi connectivity index (χ4n) is 2.09. The molecule has 0 heterocycles. The minimum atomic E-state index is -4.51. The summed E-state index contributed by atoms with van der Waals surface area (Å²) in [6.45, 7) is 0. The number of alkyl halides is 6. The van der Waals surface area contributed by atoms with Gasteiger partial charge in [-0.1, -0.05) is 52.5 Å². The summed E-state index contributed by atoms with van der Waals surface area (Å²) in [4.78, 5) is 12.3. The fourth-order valence-corrected chi connectivity index (χ4v) is 2.78. The average Bonchev–Trinajstić information content (AvgIpc) is 2.60. The van der Waals surface area contributed by atoms with Crippen molar-refractivity contribution < 1.29 is 18.0 Å². The average molecular weight is 505 g/mol. The topological polar surface area (TPSA) is 53.2 Å². The van der Waals surface area contributed by atoms with Crippen molar-refractivity contribution in [3.05, 3.63) is 64.7 Å². The molecule has 0 aromatic heterocycles. The number of thiocarbonyl (C=S) groups is 1. The van der Waals surface area contributed by atoms with Crippen molar-refractivity contribution in [2.75, 3.05) is 5.32 Å². The quantitative estimate of drug-likeness (QED) is 0.281. The Morgan fingerprint density at radius 3 is 2.17 bits per heavy atom. The van der Waals surface area contributed by atoms with E-state index in [1.807, 2.05) is 0 Å². The number of carbonyl (C=O) groups excluding carboxylic acids is 1. The minimum Gasteiger partial charge on any atom is -0.339 e. The molecule has 0 aliphatic rings. The van der Waals surface area contributed by atoms with Crippen molar-refractivity contribution in [2.45, 2.75) is 16.1 Å². The van der Waals surface area contributed by atoms with Crippen LogP contribution in [0, 0.1) is 0 Å². The molecule has 2 aromatic carbocycles. The van der Waals surface area contributed by atoms with Crippen molar-refractivity contribution in [1.82, 2.24) is 10.6 Å². The van der Waals surface area contributed by atoms with E-state index in [2.05, 4.69) is 16.0 Å². The molecule has 0 aliphatic carbocycles. The van der Waals surface area contributed by atoms with E-state index < -0.39 is 27.6 Å². The number of anilines is 1. The smallest absolute Gasteiger partial charge is 0.339 e. The number of hydrogen-bond donors (Lipinski definition) is 3. The molecule has 0 radical (unpaired) electrons. The maximum absolute atomic E-state index is 12.8. The summed E-state index contributed by atoms with van der Waals surface area (Å²) in [6, 6.07) is 10.3. The lowest BCUT2D eigenvalue weighted by molar-refractivity contribution is -0.137. The lowest BCUT2D eigenvalue weighted by Gasteiger charge is -2.28. The lowest BCUT2D eigenvalue weighted by atomic mass is 10.2. The van der Waals surface area contributed by atoms with Crippen LogP contribution in [0.3, 0.4) is 0 Å². The van der Waals surface area contributed by atoms with Crippen LogP contribution in [-0.2, 0) is 6.18 Å². The summed E-state index contributed by atoms with van der Waals surface area (Å²) >= 11 is 28.5. The minimum absolute atomic E-state index is 0.0596. The number of halogens is 7. The van der Waals surface area contributed by atoms with Crippen molar-refractivity contribution in [1.29, 1.82) is 0 Å². The van der Waals surface area contributed by atoms with Gasteiger partial charge < -0.3 is 16.0 Å². The standard InChI is InChI=1S/C17H12Cl4F3N3OS/c18-11-6-4-9(5-7-11)13(28)26-14(16(19,20)21)27-15(29)25-12-3-1-2-10(8-12)17(22,23)24/h1-8,14H,(H,26,28)(H2,25,27,29). The highest BCUT2D eigenvalue weighted by atomic mass is 35.6. The molecule has 12 heteroatoms. The monoisotopic (exact) mass is 503 g/mol. The number of hydrogen-bond acceptors (Lipinski definition) is 2. The van der Waals surface area contributed by atoms with Gasteiger partial charge in [0.1, 0.15) is 6.17 Å². The Bertz CT molecular complexity index is 889. The molecule has 2 rings (SSSR count). The molecule has 1 atom stereocenters. The van der Waals surface area contributed by atoms with Crippen molar-refractivity contribution in [3.63, 3.8) is 0 Å². The zero-order valence-electron chi connectivity index (χ0n) is 14.2. The number of benzene rings is 2. The van der Waals surface area contributed by atoms with Crippen molar-refractivity contribution >= 4 is 75.3 Å². The van der Waals surface area contributed by atoms with Crippen LogP contribution < -0.4 is 16.0 Å². The molecular formula is C17H12Cl4F3N3OS. The molecule has 4 nitrogen and oxygen atoms in total. The summed E-state index contributed by atoms with van der Waals surface area (Å²) in [6.07, 6.45) is -5.80. The molecule has 156 valence electrons. The van der Waals surface area contributed by atoms with E-state index in [9.17, 15) is 18.0 Å². The third-order valence-corrected chi connectivity index (χ3v) is 4.56. The van der Waals surface area contributed by atoms with Crippen molar-refractivity contribution in [3.8, 4) is 0 Å². The Morgan fingerprint density at radius 2 is 1.62 bits per heavy atom. The molecule has 1 amide bonds. The number of amides is 1. The summed E-state index contributed by atoms with van der Waals surface area (Å²) in [5.74, 6) is -0.590. The second-order valence-corrected chi connectivity index (χ2v) is 8.85. The van der Waals surface area contributed by atoms with Crippen LogP contribution >= 0.6 is 58.6 Å². The second-order valence-electron chi connectivity index (χ2n) is 5.63. The van der Waals surface area contributed by atoms with Crippen LogP contribution in [0.2, 0.25) is 5.02 Å². The molecule has 0 saturated heterocycles. The van der Waals surface area contributed by atoms with Gasteiger partial charge in [0.15, 0.2) is 5.11 Å². The zero-order chi connectivity index (χ0) is 21.8. The van der Waals surface area contributed by atoms with Crippen LogP contribution in [-0.4, -0.2) is 21.0 Å². The van der Waals surface area contributed by atoms with Gasteiger partial charge in [0.25, 0.3) is 5.91 Å². The summed E-state index contributed by atoms with van der Waals surface area (Å²) in [7, 11) is 0. The van der Waals surface area contributed by atoms with E-state index in [1.54, 1.807) is 0 Å². The Kier molecular flexibility index (Phi) is 7.86. The maximum atomic E-state index is 12.8. The normalized spacial score (nSPS) is 12.8. The number of rotatable bonds is 4. The van der Waals surface area contributed by atoms with Gasteiger partial charge in [-0.3, -0.25) is 4.79 Å². The molecule has 2 aromatic rings. The van der Waals surface area contributed by atoms with Gasteiger partial charge in [0.05, 0.1) is 5.56 Å². The molecule has 0 aliphatic heterocycles. The van der Waals surface area contributed by atoms with E-state index in [0.717, 1.165) is 12.1 Å². The zero-order valence-corrected chi connectivity index (χ0v) is 18.0. The third kappa shape index (κ3) is 7.38. The highest BCUT2D eigenvalue weighted by Crippen LogP contribution is 2.31. The number of nitrogens with one attached hydrogen (secondary N) is 3. The van der Waals surface area contributed by atoms with E-state index in [0.29, 0.717) is 5.02 Å². The van der Waals surface area contributed by atoms with Gasteiger partial charge in [-0.25, -0.2) is 0 Å². The van der Waals surface area contributed by atoms with Crippen LogP contribution in [0.5, 0.6) is 0 Å². The first-order valence-electron chi connectivity index (χ1n) is 7.74. The van der Waals surface area contributed by atoms with Crippen LogP contribution in [0.25, 0.3) is 0 Å². The SMILES string of the molecule is O=C(NC(NC(=S)Nc1cccc(C(F)(F)F)c1)C(Cl)(Cl)Cl)c1ccc(Cl)cc1. The predicted molar refractivity (Wildman–Crippen MR) is 114 cm³/mol. The predicted octanol–water partition coefficient (Wildman–Crippen LogP) is 5.77. The fraction of sp³-hybridized carbons (Fsp3) is 0.176. The third-order valence-electron chi connectivity index (χ3n) is 3.43. The first kappa shape index (κ1) is 23.8. The molecule has 1 unspecified atom stereocenters. The van der Waals surface area contributed by atoms with Gasteiger partial charge >= 0.3 is 6.18 Å². The van der Waals surface area contributed by atoms with Crippen LogP contribution in [0.15, 0.2) is 48.5 Å². The second kappa shape index (κ2) is 9.57. The maximum Gasteiger partial charge on any atom is 0.416 e. The molecule has 0 fully saturated rings. The largest absolute Gasteiger partial charge is 0.416 e. The summed E-state index contributed by atoms with van der Waals surface area (Å²) in [5.41, 5.74) is -0.559. The van der Waals surface area contributed by atoms with Crippen LogP contribution in [0.4, 0.5) is 18.9 Å². The first-order valence-corrected chi connectivity index (χ1v) is 9.66. The molecular weight excluding hydrogens is 493 g/mol. The Morgan fingerprint density at radius 1 is 1.00 bits per heavy atom. The van der Waals surface area contributed by atoms with Gasteiger partial charge in [-0.15, -0.1) is 0 Å². The summed E-state index contributed by atoms with van der Waals surface area (Å²) in [5, 5.41) is 7.83. The van der Waals surface area contributed by atoms with E-state index >= 15 is 0 Å².